The van der Waals surface area contributed by atoms with E-state index in [1.165, 1.54) is 0 Å². The van der Waals surface area contributed by atoms with E-state index >= 15 is 0 Å². The summed E-state index contributed by atoms with van der Waals surface area (Å²) >= 11 is 0. The molecule has 0 aliphatic carbocycles. The van der Waals surface area contributed by atoms with E-state index < -0.39 is 0 Å². The molecule has 2 rings (SSSR count). The molecular formula is C10H17N3O. The van der Waals surface area contributed by atoms with Gasteiger partial charge in [0.1, 0.15) is 5.82 Å². The molecule has 0 bridgehead atoms. The quantitative estimate of drug-likeness (QED) is 0.762. The smallest absolute Gasteiger partial charge is 0.110 e. The second kappa shape index (κ2) is 4.11. The number of nitrogens with zero attached hydrogens (tertiary/aromatic N) is 2. The first-order chi connectivity index (χ1) is 6.77. The van der Waals surface area contributed by atoms with Crippen molar-refractivity contribution >= 4 is 0 Å². The minimum Gasteiger partial charge on any atom is -0.377 e. The normalized spacial score (nSPS) is 24.0. The van der Waals surface area contributed by atoms with Crippen LogP contribution in [0.1, 0.15) is 18.7 Å². The Balaban J connectivity index is 1.93. The molecule has 1 aliphatic heterocycles. The summed E-state index contributed by atoms with van der Waals surface area (Å²) in [7, 11) is 1.99. The molecule has 0 spiro atoms. The molecule has 14 heavy (non-hydrogen) atoms. The first-order valence-electron chi connectivity index (χ1n) is 5.11. The summed E-state index contributed by atoms with van der Waals surface area (Å²) in [6, 6.07) is 0.0820. The fourth-order valence-corrected chi connectivity index (χ4v) is 1.88. The average molecular weight is 195 g/mol. The second-order valence-electron chi connectivity index (χ2n) is 3.87. The standard InChI is InChI=1S/C10H17N3O/c1-13-5-4-12-10(13)7-8(11)9-3-2-6-14-9/h4-5,8-9H,2-3,6-7,11H2,1H3. The van der Waals surface area contributed by atoms with Gasteiger partial charge in [-0.3, -0.25) is 0 Å². The highest BCUT2D eigenvalue weighted by Gasteiger charge is 2.23. The molecule has 1 aromatic heterocycles. The van der Waals surface area contributed by atoms with Gasteiger partial charge in [0.2, 0.25) is 0 Å². The van der Waals surface area contributed by atoms with Crippen molar-refractivity contribution in [2.24, 2.45) is 12.8 Å². The van der Waals surface area contributed by atoms with E-state index in [2.05, 4.69) is 4.98 Å². The Morgan fingerprint density at radius 1 is 1.79 bits per heavy atom. The summed E-state index contributed by atoms with van der Waals surface area (Å²) in [6.07, 6.45) is 7.00. The molecule has 1 saturated heterocycles. The van der Waals surface area contributed by atoms with Crippen LogP contribution < -0.4 is 5.73 Å². The first-order valence-corrected chi connectivity index (χ1v) is 5.11. The number of hydrogen-bond acceptors (Lipinski definition) is 3. The van der Waals surface area contributed by atoms with Gasteiger partial charge in [-0.1, -0.05) is 0 Å². The van der Waals surface area contributed by atoms with E-state index in [1.807, 2.05) is 17.8 Å². The van der Waals surface area contributed by atoms with Crippen molar-refractivity contribution in [3.63, 3.8) is 0 Å². The Morgan fingerprint density at radius 2 is 2.64 bits per heavy atom. The van der Waals surface area contributed by atoms with Crippen molar-refractivity contribution in [3.8, 4) is 0 Å². The molecule has 4 nitrogen and oxygen atoms in total. The van der Waals surface area contributed by atoms with Crippen LogP contribution in [-0.4, -0.2) is 28.3 Å². The lowest BCUT2D eigenvalue weighted by atomic mass is 10.1. The Bertz CT molecular complexity index is 291. The van der Waals surface area contributed by atoms with E-state index in [0.29, 0.717) is 0 Å². The first kappa shape index (κ1) is 9.68. The van der Waals surface area contributed by atoms with Crippen LogP contribution in [-0.2, 0) is 18.2 Å². The molecule has 4 heteroatoms. The predicted molar refractivity (Wildman–Crippen MR) is 53.9 cm³/mol. The van der Waals surface area contributed by atoms with Crippen molar-refractivity contribution in [2.75, 3.05) is 6.61 Å². The van der Waals surface area contributed by atoms with Gasteiger partial charge >= 0.3 is 0 Å². The van der Waals surface area contributed by atoms with Crippen LogP contribution in [0.25, 0.3) is 0 Å². The summed E-state index contributed by atoms with van der Waals surface area (Å²) in [5.41, 5.74) is 6.06. The molecular weight excluding hydrogens is 178 g/mol. The maximum absolute atomic E-state index is 6.06. The third kappa shape index (κ3) is 1.96. The lowest BCUT2D eigenvalue weighted by Gasteiger charge is -2.17. The zero-order valence-electron chi connectivity index (χ0n) is 8.52. The van der Waals surface area contributed by atoms with Crippen LogP contribution in [0.2, 0.25) is 0 Å². The fourth-order valence-electron chi connectivity index (χ4n) is 1.88. The van der Waals surface area contributed by atoms with Gasteiger partial charge < -0.3 is 15.0 Å². The van der Waals surface area contributed by atoms with Crippen LogP contribution in [0, 0.1) is 0 Å². The third-order valence-electron chi connectivity index (χ3n) is 2.78. The van der Waals surface area contributed by atoms with E-state index in [1.54, 1.807) is 6.20 Å². The molecule has 1 aromatic rings. The molecule has 0 radical (unpaired) electrons. The minimum absolute atomic E-state index is 0.0820. The van der Waals surface area contributed by atoms with Crippen LogP contribution in [0.5, 0.6) is 0 Å². The topological polar surface area (TPSA) is 53.1 Å². The highest BCUT2D eigenvalue weighted by molar-refractivity contribution is 4.96. The molecule has 0 saturated carbocycles. The van der Waals surface area contributed by atoms with Crippen LogP contribution in [0.4, 0.5) is 0 Å². The molecule has 2 unspecified atom stereocenters. The maximum Gasteiger partial charge on any atom is 0.110 e. The van der Waals surface area contributed by atoms with Gasteiger partial charge in [0.05, 0.1) is 6.10 Å². The molecule has 1 aliphatic rings. The van der Waals surface area contributed by atoms with E-state index in [4.69, 9.17) is 10.5 Å². The molecule has 2 atom stereocenters. The van der Waals surface area contributed by atoms with Crippen LogP contribution >= 0.6 is 0 Å². The highest BCUT2D eigenvalue weighted by atomic mass is 16.5. The molecule has 0 amide bonds. The average Bonchev–Trinajstić information content (AvgIpc) is 2.77. The van der Waals surface area contributed by atoms with Crippen molar-refractivity contribution in [1.82, 2.24) is 9.55 Å². The summed E-state index contributed by atoms with van der Waals surface area (Å²) in [5.74, 6) is 1.04. The zero-order valence-corrected chi connectivity index (χ0v) is 8.52. The predicted octanol–water partition coefficient (Wildman–Crippen LogP) is 0.469. The van der Waals surface area contributed by atoms with Crippen molar-refractivity contribution in [3.05, 3.63) is 18.2 Å². The van der Waals surface area contributed by atoms with Crippen molar-refractivity contribution in [2.45, 2.75) is 31.4 Å². The van der Waals surface area contributed by atoms with Crippen LogP contribution in [0.3, 0.4) is 0 Å². The van der Waals surface area contributed by atoms with Crippen molar-refractivity contribution < 1.29 is 4.74 Å². The van der Waals surface area contributed by atoms with Gasteiger partial charge in [-0.15, -0.1) is 0 Å². The Morgan fingerprint density at radius 3 is 3.21 bits per heavy atom. The number of nitrogens with two attached hydrogens (primary N) is 1. The number of rotatable bonds is 3. The van der Waals surface area contributed by atoms with Gasteiger partial charge in [-0.2, -0.15) is 0 Å². The monoisotopic (exact) mass is 195 g/mol. The Labute approximate surface area is 84.1 Å². The molecule has 78 valence electrons. The van der Waals surface area contributed by atoms with Crippen molar-refractivity contribution in [1.29, 1.82) is 0 Å². The number of aromatic nitrogens is 2. The molecule has 0 aromatic carbocycles. The Hall–Kier alpha value is -0.870. The lowest BCUT2D eigenvalue weighted by Crippen LogP contribution is -2.36. The van der Waals surface area contributed by atoms with Gasteiger partial charge in [-0.05, 0) is 12.8 Å². The summed E-state index contributed by atoms with van der Waals surface area (Å²) in [4.78, 5) is 4.25. The fraction of sp³-hybridized carbons (Fsp3) is 0.700. The molecule has 2 heterocycles. The second-order valence-corrected chi connectivity index (χ2v) is 3.87. The van der Waals surface area contributed by atoms with E-state index in [0.717, 1.165) is 31.7 Å². The lowest BCUT2D eigenvalue weighted by molar-refractivity contribution is 0.0893. The van der Waals surface area contributed by atoms with Crippen LogP contribution in [0.15, 0.2) is 12.4 Å². The number of hydrogen-bond donors (Lipinski definition) is 1. The summed E-state index contributed by atoms with van der Waals surface area (Å²) in [6.45, 7) is 0.860. The minimum atomic E-state index is 0.0820. The maximum atomic E-state index is 6.06. The van der Waals surface area contributed by atoms with Gasteiger partial charge in [-0.25, -0.2) is 4.98 Å². The third-order valence-corrected chi connectivity index (χ3v) is 2.78. The molecule has 1 fully saturated rings. The van der Waals surface area contributed by atoms with Gasteiger partial charge in [0.15, 0.2) is 0 Å². The number of ether oxygens (including phenoxy) is 1. The SMILES string of the molecule is Cn1ccnc1CC(N)C1CCCO1. The summed E-state index contributed by atoms with van der Waals surface area (Å²) < 4.78 is 7.55. The highest BCUT2D eigenvalue weighted by Crippen LogP contribution is 2.16. The Kier molecular flexibility index (Phi) is 2.84. The largest absolute Gasteiger partial charge is 0.377 e. The number of imidazole rings is 1. The van der Waals surface area contributed by atoms with Gasteiger partial charge in [0, 0.05) is 38.5 Å². The van der Waals surface area contributed by atoms with Gasteiger partial charge in [0.25, 0.3) is 0 Å². The summed E-state index contributed by atoms with van der Waals surface area (Å²) in [5, 5.41) is 0. The number of aryl methyl sites for hydroxylation is 1. The van der Waals surface area contributed by atoms with E-state index in [-0.39, 0.29) is 12.1 Å². The zero-order chi connectivity index (χ0) is 9.97. The van der Waals surface area contributed by atoms with E-state index in [9.17, 15) is 0 Å². The molecule has 2 N–H and O–H groups in total.